The summed E-state index contributed by atoms with van der Waals surface area (Å²) >= 11 is 1.80. The zero-order valence-corrected chi connectivity index (χ0v) is 34.2. The van der Waals surface area contributed by atoms with E-state index in [0.29, 0.717) is 17.5 Å². The van der Waals surface area contributed by atoms with Crippen LogP contribution < -0.4 is 0 Å². The van der Waals surface area contributed by atoms with Crippen LogP contribution in [-0.2, 0) is 0 Å². The van der Waals surface area contributed by atoms with E-state index in [9.17, 15) is 0 Å². The predicted molar refractivity (Wildman–Crippen MR) is 258 cm³/mol. The molecule has 0 N–H and O–H groups in total. The minimum Gasteiger partial charge on any atom is -0.456 e. The van der Waals surface area contributed by atoms with Crippen molar-refractivity contribution in [2.75, 3.05) is 0 Å². The van der Waals surface area contributed by atoms with Crippen LogP contribution in [0.25, 0.3) is 121 Å². The molecule has 12 rings (SSSR count). The predicted octanol–water partition coefficient (Wildman–Crippen LogP) is 15.8. The molecule has 0 atom stereocenters. The van der Waals surface area contributed by atoms with Crippen LogP contribution in [0.2, 0.25) is 0 Å². The summed E-state index contributed by atoms with van der Waals surface area (Å²) in [5, 5.41) is 4.53. The Labute approximate surface area is 362 Å². The van der Waals surface area contributed by atoms with E-state index >= 15 is 0 Å². The molecular formula is C57H35N3OS. The monoisotopic (exact) mass is 809 g/mol. The van der Waals surface area contributed by atoms with Crippen molar-refractivity contribution in [2.45, 2.75) is 0 Å². The number of furan rings is 1. The normalized spacial score (nSPS) is 11.5. The van der Waals surface area contributed by atoms with E-state index in [4.69, 9.17) is 19.4 Å². The number of aromatic nitrogens is 3. The van der Waals surface area contributed by atoms with Gasteiger partial charge in [-0.3, -0.25) is 0 Å². The first-order valence-corrected chi connectivity index (χ1v) is 21.6. The van der Waals surface area contributed by atoms with Crippen molar-refractivity contribution in [3.63, 3.8) is 0 Å². The van der Waals surface area contributed by atoms with Crippen molar-refractivity contribution >= 4 is 53.4 Å². The lowest BCUT2D eigenvalue weighted by Crippen LogP contribution is -2.00. The lowest BCUT2D eigenvalue weighted by Gasteiger charge is -2.11. The maximum atomic E-state index is 6.14. The van der Waals surface area contributed by atoms with Crippen molar-refractivity contribution in [3.05, 3.63) is 212 Å². The summed E-state index contributed by atoms with van der Waals surface area (Å²) in [4.78, 5) is 15.6. The second-order valence-electron chi connectivity index (χ2n) is 15.5. The van der Waals surface area contributed by atoms with Crippen molar-refractivity contribution in [2.24, 2.45) is 0 Å². The molecule has 0 bridgehead atoms. The Balaban J connectivity index is 0.958. The van der Waals surface area contributed by atoms with Crippen molar-refractivity contribution < 1.29 is 4.42 Å². The Morgan fingerprint density at radius 2 is 0.806 bits per heavy atom. The molecule has 0 aliphatic heterocycles. The highest BCUT2D eigenvalue weighted by molar-refractivity contribution is 7.26. The molecule has 0 amide bonds. The Morgan fingerprint density at radius 3 is 1.61 bits per heavy atom. The van der Waals surface area contributed by atoms with E-state index in [1.165, 1.54) is 42.6 Å². The minimum absolute atomic E-state index is 0.622. The van der Waals surface area contributed by atoms with Gasteiger partial charge >= 0.3 is 0 Å². The summed E-state index contributed by atoms with van der Waals surface area (Å²) in [6.07, 6.45) is 0. The summed E-state index contributed by atoms with van der Waals surface area (Å²) in [6.45, 7) is 0. The third-order valence-corrected chi connectivity index (χ3v) is 12.9. The van der Waals surface area contributed by atoms with Crippen LogP contribution in [0.5, 0.6) is 0 Å². The largest absolute Gasteiger partial charge is 0.456 e. The molecule has 0 saturated carbocycles. The molecular weight excluding hydrogens is 775 g/mol. The first-order chi connectivity index (χ1) is 30.7. The Hall–Kier alpha value is -7.99. The van der Waals surface area contributed by atoms with Crippen molar-refractivity contribution in [1.29, 1.82) is 0 Å². The molecule has 0 spiro atoms. The molecule has 0 saturated heterocycles. The molecule has 5 heteroatoms. The molecule has 62 heavy (non-hydrogen) atoms. The van der Waals surface area contributed by atoms with Crippen molar-refractivity contribution in [1.82, 2.24) is 15.0 Å². The van der Waals surface area contributed by atoms with E-state index in [2.05, 4.69) is 182 Å². The zero-order chi connectivity index (χ0) is 41.0. The van der Waals surface area contributed by atoms with Gasteiger partial charge in [0.2, 0.25) is 0 Å². The number of fused-ring (bicyclic) bond motifs is 6. The summed E-state index contributed by atoms with van der Waals surface area (Å²) in [5.41, 5.74) is 13.9. The molecule has 0 fully saturated rings. The maximum absolute atomic E-state index is 6.14. The Bertz CT molecular complexity index is 3630. The topological polar surface area (TPSA) is 51.8 Å². The molecule has 9 aromatic carbocycles. The number of rotatable bonds is 7. The summed E-state index contributed by atoms with van der Waals surface area (Å²) in [5.74, 6) is 1.90. The molecule has 0 aliphatic carbocycles. The van der Waals surface area contributed by atoms with E-state index < -0.39 is 0 Å². The van der Waals surface area contributed by atoms with Crippen LogP contribution in [0, 0.1) is 0 Å². The number of hydrogen-bond acceptors (Lipinski definition) is 5. The van der Waals surface area contributed by atoms with Gasteiger partial charge in [-0.2, -0.15) is 0 Å². The molecule has 3 aromatic heterocycles. The van der Waals surface area contributed by atoms with Crippen molar-refractivity contribution in [3.8, 4) is 78.7 Å². The van der Waals surface area contributed by atoms with E-state index in [1.54, 1.807) is 11.3 Å². The molecule has 0 aliphatic rings. The van der Waals surface area contributed by atoms with Gasteiger partial charge in [-0.05, 0) is 87.0 Å². The number of hydrogen-bond donors (Lipinski definition) is 0. The lowest BCUT2D eigenvalue weighted by atomic mass is 9.93. The average Bonchev–Trinajstić information content (AvgIpc) is 3.92. The number of thiophene rings is 1. The van der Waals surface area contributed by atoms with Gasteiger partial charge < -0.3 is 4.42 Å². The fraction of sp³-hybridized carbons (Fsp3) is 0. The smallest absolute Gasteiger partial charge is 0.164 e. The van der Waals surface area contributed by atoms with Crippen LogP contribution in [0.4, 0.5) is 0 Å². The molecule has 12 aromatic rings. The number of nitrogens with zero attached hydrogens (tertiary/aromatic N) is 3. The molecule has 290 valence electrons. The van der Waals surface area contributed by atoms with Gasteiger partial charge in [0.05, 0.1) is 0 Å². The Kier molecular flexibility index (Phi) is 8.65. The maximum Gasteiger partial charge on any atom is 0.164 e. The third-order valence-electron chi connectivity index (χ3n) is 11.8. The average molecular weight is 810 g/mol. The molecule has 3 heterocycles. The Morgan fingerprint density at radius 1 is 0.290 bits per heavy atom. The summed E-state index contributed by atoms with van der Waals surface area (Å²) in [6, 6.07) is 74.7. The van der Waals surface area contributed by atoms with Crippen LogP contribution in [0.1, 0.15) is 0 Å². The zero-order valence-electron chi connectivity index (χ0n) is 33.4. The van der Waals surface area contributed by atoms with Gasteiger partial charge in [-0.1, -0.05) is 170 Å². The standard InChI is InChI=1S/C57H35N3OS/c1-3-13-37(14-4-1)44-19-7-8-20-45(44)38-27-25-36(26-28-38)41-30-32-52-49(35-41)54-47(22-12-24-53(54)62-52)57-59-55(39-15-5-2-6-16-39)58-56(60-57)43-18-11-17-40(33-43)42-29-31-51-48(34-42)46-21-9-10-23-50(46)61-51/h1-35H. The van der Waals surface area contributed by atoms with Crippen LogP contribution in [-0.4, -0.2) is 15.0 Å². The van der Waals surface area contributed by atoms with E-state index in [0.717, 1.165) is 60.7 Å². The van der Waals surface area contributed by atoms with Crippen LogP contribution >= 0.6 is 11.3 Å². The highest BCUT2D eigenvalue weighted by Gasteiger charge is 2.18. The molecule has 0 radical (unpaired) electrons. The van der Waals surface area contributed by atoms with Gasteiger partial charge in [0.1, 0.15) is 11.2 Å². The number of benzene rings is 9. The van der Waals surface area contributed by atoms with E-state index in [-0.39, 0.29) is 0 Å². The van der Waals surface area contributed by atoms with Gasteiger partial charge in [0, 0.05) is 47.6 Å². The highest BCUT2D eigenvalue weighted by atomic mass is 32.1. The molecule has 4 nitrogen and oxygen atoms in total. The second kappa shape index (κ2) is 14.9. The summed E-state index contributed by atoms with van der Waals surface area (Å²) in [7, 11) is 0. The lowest BCUT2D eigenvalue weighted by molar-refractivity contribution is 0.669. The quantitative estimate of drug-likeness (QED) is 0.161. The first-order valence-electron chi connectivity index (χ1n) is 20.7. The van der Waals surface area contributed by atoms with E-state index in [1.807, 2.05) is 30.3 Å². The van der Waals surface area contributed by atoms with Gasteiger partial charge in [0.15, 0.2) is 17.5 Å². The highest BCUT2D eigenvalue weighted by Crippen LogP contribution is 2.42. The van der Waals surface area contributed by atoms with Crippen LogP contribution in [0.15, 0.2) is 217 Å². The van der Waals surface area contributed by atoms with Gasteiger partial charge in [-0.15, -0.1) is 11.3 Å². The van der Waals surface area contributed by atoms with Gasteiger partial charge in [0.25, 0.3) is 0 Å². The number of para-hydroxylation sites is 1. The van der Waals surface area contributed by atoms with Gasteiger partial charge in [-0.25, -0.2) is 15.0 Å². The second-order valence-corrected chi connectivity index (χ2v) is 16.6. The third kappa shape index (κ3) is 6.35. The fourth-order valence-electron chi connectivity index (χ4n) is 8.72. The molecule has 0 unspecified atom stereocenters. The minimum atomic E-state index is 0.622. The fourth-order valence-corrected chi connectivity index (χ4v) is 9.84. The summed E-state index contributed by atoms with van der Waals surface area (Å²) < 4.78 is 8.55. The first kappa shape index (κ1) is 35.9. The SMILES string of the molecule is c1ccc(-c2nc(-c3cccc(-c4ccc5oc6ccccc6c5c4)c3)nc(-c3cccc4sc5ccc(-c6ccc(-c7ccccc7-c7ccccc7)cc6)cc5c34)n2)cc1. The van der Waals surface area contributed by atoms with Crippen LogP contribution in [0.3, 0.4) is 0 Å².